The highest BCUT2D eigenvalue weighted by molar-refractivity contribution is 5.30. The molecule has 0 aromatic heterocycles. The van der Waals surface area contributed by atoms with E-state index in [2.05, 4.69) is 50.4 Å². The molecular formula is C14H21N. The Bertz CT molecular complexity index is 312. The lowest BCUT2D eigenvalue weighted by molar-refractivity contribution is 0.589. The Morgan fingerprint density at radius 1 is 1.13 bits per heavy atom. The number of rotatable bonds is 1. The van der Waals surface area contributed by atoms with Gasteiger partial charge < -0.3 is 5.32 Å². The van der Waals surface area contributed by atoms with Crippen molar-refractivity contribution >= 4 is 0 Å². The highest BCUT2D eigenvalue weighted by atomic mass is 14.9. The molecule has 0 amide bonds. The third kappa shape index (κ3) is 2.40. The monoisotopic (exact) mass is 203 g/mol. The van der Waals surface area contributed by atoms with Crippen LogP contribution in [0.4, 0.5) is 0 Å². The van der Waals surface area contributed by atoms with Crippen LogP contribution in [0.2, 0.25) is 0 Å². The van der Waals surface area contributed by atoms with Crippen LogP contribution in [0, 0.1) is 0 Å². The molecule has 2 rings (SSSR count). The molecule has 1 N–H and O–H groups in total. The Morgan fingerprint density at radius 2 is 1.80 bits per heavy atom. The van der Waals surface area contributed by atoms with Crippen molar-refractivity contribution in [2.75, 3.05) is 13.1 Å². The second kappa shape index (κ2) is 3.97. The molecule has 0 bridgehead atoms. The van der Waals surface area contributed by atoms with Crippen LogP contribution in [0.3, 0.4) is 0 Å². The van der Waals surface area contributed by atoms with Gasteiger partial charge in [0.05, 0.1) is 0 Å². The molecule has 82 valence electrons. The van der Waals surface area contributed by atoms with Crippen molar-refractivity contribution in [3.8, 4) is 0 Å². The van der Waals surface area contributed by atoms with Crippen molar-refractivity contribution in [3.05, 3.63) is 35.4 Å². The van der Waals surface area contributed by atoms with E-state index in [1.54, 1.807) is 0 Å². The van der Waals surface area contributed by atoms with Gasteiger partial charge in [-0.1, -0.05) is 45.0 Å². The molecule has 1 heterocycles. The first-order chi connectivity index (χ1) is 7.07. The van der Waals surface area contributed by atoms with E-state index >= 15 is 0 Å². The molecule has 0 spiro atoms. The van der Waals surface area contributed by atoms with Crippen LogP contribution >= 0.6 is 0 Å². The lowest BCUT2D eigenvalue weighted by Crippen LogP contribution is -2.11. The highest BCUT2D eigenvalue weighted by Crippen LogP contribution is 2.26. The third-order valence-corrected chi connectivity index (χ3v) is 3.31. The quantitative estimate of drug-likeness (QED) is 0.739. The van der Waals surface area contributed by atoms with Crippen molar-refractivity contribution in [1.82, 2.24) is 5.32 Å². The van der Waals surface area contributed by atoms with Crippen LogP contribution in [0.1, 0.15) is 44.2 Å². The molecule has 1 aromatic rings. The maximum atomic E-state index is 3.42. The molecule has 1 aromatic carbocycles. The van der Waals surface area contributed by atoms with Gasteiger partial charge in [-0.2, -0.15) is 0 Å². The van der Waals surface area contributed by atoms with Crippen molar-refractivity contribution in [2.24, 2.45) is 0 Å². The Labute approximate surface area is 92.9 Å². The van der Waals surface area contributed by atoms with Crippen molar-refractivity contribution < 1.29 is 0 Å². The smallest absolute Gasteiger partial charge is 0.00206 e. The van der Waals surface area contributed by atoms with Crippen molar-refractivity contribution in [1.29, 1.82) is 0 Å². The number of hydrogen-bond acceptors (Lipinski definition) is 1. The van der Waals surface area contributed by atoms with Crippen LogP contribution in [0.5, 0.6) is 0 Å². The summed E-state index contributed by atoms with van der Waals surface area (Å²) >= 11 is 0. The molecule has 15 heavy (non-hydrogen) atoms. The van der Waals surface area contributed by atoms with Crippen LogP contribution in [-0.4, -0.2) is 13.1 Å². The van der Waals surface area contributed by atoms with Gasteiger partial charge in [-0.3, -0.25) is 0 Å². The predicted molar refractivity (Wildman–Crippen MR) is 65.4 cm³/mol. The summed E-state index contributed by atoms with van der Waals surface area (Å²) in [4.78, 5) is 0. The predicted octanol–water partition coefficient (Wildman–Crippen LogP) is 3.06. The molecule has 0 saturated carbocycles. The van der Waals surface area contributed by atoms with Gasteiger partial charge in [0, 0.05) is 6.54 Å². The average molecular weight is 203 g/mol. The van der Waals surface area contributed by atoms with Crippen molar-refractivity contribution in [3.63, 3.8) is 0 Å². The molecule has 1 saturated heterocycles. The maximum absolute atomic E-state index is 3.42. The second-order valence-corrected chi connectivity index (χ2v) is 5.56. The van der Waals surface area contributed by atoms with Crippen LogP contribution in [0.15, 0.2) is 24.3 Å². The van der Waals surface area contributed by atoms with E-state index in [1.165, 1.54) is 24.1 Å². The van der Waals surface area contributed by atoms with Crippen LogP contribution in [-0.2, 0) is 5.41 Å². The lowest BCUT2D eigenvalue weighted by atomic mass is 9.85. The zero-order valence-electron chi connectivity index (χ0n) is 10.0. The molecule has 0 radical (unpaired) electrons. The average Bonchev–Trinajstić information content (AvgIpc) is 2.69. The summed E-state index contributed by atoms with van der Waals surface area (Å²) in [6.45, 7) is 9.11. The Morgan fingerprint density at radius 3 is 2.27 bits per heavy atom. The summed E-state index contributed by atoms with van der Waals surface area (Å²) < 4.78 is 0. The van der Waals surface area contributed by atoms with Gasteiger partial charge in [-0.25, -0.2) is 0 Å². The standard InChI is InChI=1S/C14H21N/c1-14(2,3)13-6-4-11(5-7-13)12-8-9-15-10-12/h4-7,12,15H,8-10H2,1-3H3/t12-/m0/s1. The van der Waals surface area contributed by atoms with Gasteiger partial charge in [-0.05, 0) is 35.4 Å². The molecular weight excluding hydrogens is 182 g/mol. The van der Waals surface area contributed by atoms with Gasteiger partial charge in [0.15, 0.2) is 0 Å². The normalized spacial score (nSPS) is 21.9. The number of benzene rings is 1. The topological polar surface area (TPSA) is 12.0 Å². The highest BCUT2D eigenvalue weighted by Gasteiger charge is 2.18. The van der Waals surface area contributed by atoms with Gasteiger partial charge in [-0.15, -0.1) is 0 Å². The van der Waals surface area contributed by atoms with Gasteiger partial charge >= 0.3 is 0 Å². The van der Waals surface area contributed by atoms with Crippen molar-refractivity contribution in [2.45, 2.75) is 38.5 Å². The molecule has 1 nitrogen and oxygen atoms in total. The summed E-state index contributed by atoms with van der Waals surface area (Å²) in [7, 11) is 0. The molecule has 1 aliphatic rings. The van der Waals surface area contributed by atoms with E-state index in [4.69, 9.17) is 0 Å². The largest absolute Gasteiger partial charge is 0.316 e. The Hall–Kier alpha value is -0.820. The van der Waals surface area contributed by atoms with E-state index in [0.29, 0.717) is 0 Å². The fourth-order valence-corrected chi connectivity index (χ4v) is 2.19. The first kappa shape index (κ1) is 10.7. The summed E-state index contributed by atoms with van der Waals surface area (Å²) in [5.74, 6) is 0.735. The summed E-state index contributed by atoms with van der Waals surface area (Å²) in [5.41, 5.74) is 3.19. The minimum atomic E-state index is 0.270. The molecule has 1 atom stereocenters. The van der Waals surface area contributed by atoms with E-state index in [9.17, 15) is 0 Å². The van der Waals surface area contributed by atoms with Crippen LogP contribution in [0.25, 0.3) is 0 Å². The van der Waals surface area contributed by atoms with Crippen LogP contribution < -0.4 is 5.32 Å². The number of hydrogen-bond donors (Lipinski definition) is 1. The number of nitrogens with one attached hydrogen (secondary N) is 1. The molecule has 1 fully saturated rings. The van der Waals surface area contributed by atoms with Gasteiger partial charge in [0.2, 0.25) is 0 Å². The summed E-state index contributed by atoms with van der Waals surface area (Å²) in [6.07, 6.45) is 1.29. The Balaban J connectivity index is 2.16. The van der Waals surface area contributed by atoms with E-state index < -0.39 is 0 Å². The summed E-state index contributed by atoms with van der Waals surface area (Å²) in [6, 6.07) is 9.18. The maximum Gasteiger partial charge on any atom is 0.00206 e. The SMILES string of the molecule is CC(C)(C)c1ccc([C@H]2CCNC2)cc1. The van der Waals surface area contributed by atoms with E-state index in [1.807, 2.05) is 0 Å². The fraction of sp³-hybridized carbons (Fsp3) is 0.571. The first-order valence-electron chi connectivity index (χ1n) is 5.88. The fourth-order valence-electron chi connectivity index (χ4n) is 2.19. The zero-order valence-corrected chi connectivity index (χ0v) is 10.0. The third-order valence-electron chi connectivity index (χ3n) is 3.31. The van der Waals surface area contributed by atoms with Gasteiger partial charge in [0.1, 0.15) is 0 Å². The van der Waals surface area contributed by atoms with Gasteiger partial charge in [0.25, 0.3) is 0 Å². The zero-order chi connectivity index (χ0) is 10.9. The first-order valence-corrected chi connectivity index (χ1v) is 5.88. The molecule has 0 aliphatic carbocycles. The molecule has 1 heteroatoms. The minimum absolute atomic E-state index is 0.270. The second-order valence-electron chi connectivity index (χ2n) is 5.56. The van der Waals surface area contributed by atoms with E-state index in [-0.39, 0.29) is 5.41 Å². The Kier molecular flexibility index (Phi) is 2.83. The minimum Gasteiger partial charge on any atom is -0.316 e. The van der Waals surface area contributed by atoms with E-state index in [0.717, 1.165) is 12.5 Å². The summed E-state index contributed by atoms with van der Waals surface area (Å²) in [5, 5.41) is 3.42. The molecule has 1 aliphatic heterocycles. The lowest BCUT2D eigenvalue weighted by Gasteiger charge is -2.20. The molecule has 0 unspecified atom stereocenters.